The number of anilines is 1. The van der Waals surface area contributed by atoms with Crippen LogP contribution in [0.4, 0.5) is 5.69 Å². The van der Waals surface area contributed by atoms with Crippen molar-refractivity contribution in [2.75, 3.05) is 31.1 Å². The van der Waals surface area contributed by atoms with Crippen LogP contribution in [0.1, 0.15) is 12.8 Å². The molecule has 0 unspecified atom stereocenters. The molecule has 0 N–H and O–H groups in total. The minimum Gasteiger partial charge on any atom is -0.369 e. The van der Waals surface area contributed by atoms with Crippen molar-refractivity contribution in [2.45, 2.75) is 18.9 Å². The Hall–Kier alpha value is -0.540. The van der Waals surface area contributed by atoms with Gasteiger partial charge in [-0.3, -0.25) is 4.90 Å². The summed E-state index contributed by atoms with van der Waals surface area (Å²) in [4.78, 5) is 5.14. The molecule has 2 nitrogen and oxygen atoms in total. The van der Waals surface area contributed by atoms with Gasteiger partial charge in [0, 0.05) is 42.4 Å². The van der Waals surface area contributed by atoms with Crippen LogP contribution in [0.2, 0.25) is 0 Å². The highest BCUT2D eigenvalue weighted by Crippen LogP contribution is 2.28. The smallest absolute Gasteiger partial charge is 0.0367 e. The van der Waals surface area contributed by atoms with Gasteiger partial charge in [-0.15, -0.1) is 0 Å². The van der Waals surface area contributed by atoms with Crippen molar-refractivity contribution in [1.82, 2.24) is 4.90 Å². The van der Waals surface area contributed by atoms with Crippen molar-refractivity contribution in [3.63, 3.8) is 0 Å². The third-order valence-electron chi connectivity index (χ3n) is 3.57. The lowest BCUT2D eigenvalue weighted by Crippen LogP contribution is -2.47. The van der Waals surface area contributed by atoms with E-state index in [4.69, 9.17) is 0 Å². The van der Waals surface area contributed by atoms with Crippen LogP contribution in [0.15, 0.2) is 28.7 Å². The van der Waals surface area contributed by atoms with E-state index < -0.39 is 0 Å². The number of piperazine rings is 1. The summed E-state index contributed by atoms with van der Waals surface area (Å²) in [5.74, 6) is 0. The normalized spacial score (nSPS) is 22.4. The van der Waals surface area contributed by atoms with Crippen molar-refractivity contribution >= 4 is 21.6 Å². The summed E-state index contributed by atoms with van der Waals surface area (Å²) < 4.78 is 1.16. The highest BCUT2D eigenvalue weighted by Gasteiger charge is 2.31. The molecule has 16 heavy (non-hydrogen) atoms. The fourth-order valence-corrected chi connectivity index (χ4v) is 2.70. The highest BCUT2D eigenvalue weighted by atomic mass is 79.9. The summed E-state index contributed by atoms with van der Waals surface area (Å²) >= 11 is 3.48. The average molecular weight is 281 g/mol. The Balaban J connectivity index is 1.62. The Bertz CT molecular complexity index is 351. The minimum absolute atomic E-state index is 0.923. The zero-order chi connectivity index (χ0) is 11.0. The molecule has 1 aliphatic heterocycles. The Kier molecular flexibility index (Phi) is 2.90. The Labute approximate surface area is 105 Å². The van der Waals surface area contributed by atoms with Gasteiger partial charge in [0.05, 0.1) is 0 Å². The van der Waals surface area contributed by atoms with E-state index in [-0.39, 0.29) is 0 Å². The lowest BCUT2D eigenvalue weighted by atomic mass is 10.2. The van der Waals surface area contributed by atoms with Gasteiger partial charge in [0.1, 0.15) is 0 Å². The predicted octanol–water partition coefficient (Wildman–Crippen LogP) is 2.73. The monoisotopic (exact) mass is 280 g/mol. The van der Waals surface area contributed by atoms with Gasteiger partial charge in [-0.2, -0.15) is 0 Å². The van der Waals surface area contributed by atoms with E-state index >= 15 is 0 Å². The molecule has 86 valence electrons. The molecular formula is C13H17BrN2. The van der Waals surface area contributed by atoms with Crippen molar-refractivity contribution in [3.05, 3.63) is 28.7 Å². The number of halogens is 1. The first-order valence-corrected chi connectivity index (χ1v) is 6.87. The Morgan fingerprint density at radius 1 is 0.938 bits per heavy atom. The van der Waals surface area contributed by atoms with Gasteiger partial charge in [0.2, 0.25) is 0 Å². The van der Waals surface area contributed by atoms with Crippen LogP contribution in [0, 0.1) is 0 Å². The first kappa shape index (κ1) is 10.6. The molecular weight excluding hydrogens is 264 g/mol. The molecule has 0 atom stereocenters. The van der Waals surface area contributed by atoms with Gasteiger partial charge in [-0.1, -0.05) is 15.9 Å². The van der Waals surface area contributed by atoms with Crippen LogP contribution in [0.3, 0.4) is 0 Å². The molecule has 3 rings (SSSR count). The third kappa shape index (κ3) is 2.25. The topological polar surface area (TPSA) is 6.48 Å². The first-order chi connectivity index (χ1) is 7.83. The molecule has 1 saturated heterocycles. The molecule has 3 heteroatoms. The Morgan fingerprint density at radius 3 is 2.12 bits per heavy atom. The van der Waals surface area contributed by atoms with Crippen LogP contribution in [0.25, 0.3) is 0 Å². The van der Waals surface area contributed by atoms with Gasteiger partial charge in [0.15, 0.2) is 0 Å². The largest absolute Gasteiger partial charge is 0.369 e. The van der Waals surface area contributed by atoms with E-state index in [0.29, 0.717) is 0 Å². The molecule has 1 aromatic rings. The van der Waals surface area contributed by atoms with Crippen molar-refractivity contribution in [2.24, 2.45) is 0 Å². The quantitative estimate of drug-likeness (QED) is 0.822. The van der Waals surface area contributed by atoms with E-state index in [2.05, 4.69) is 50.0 Å². The first-order valence-electron chi connectivity index (χ1n) is 6.07. The van der Waals surface area contributed by atoms with E-state index in [1.807, 2.05) is 0 Å². The molecule has 1 aromatic carbocycles. The zero-order valence-corrected chi connectivity index (χ0v) is 11.0. The molecule has 1 saturated carbocycles. The summed E-state index contributed by atoms with van der Waals surface area (Å²) in [5, 5.41) is 0. The number of hydrogen-bond donors (Lipinski definition) is 0. The zero-order valence-electron chi connectivity index (χ0n) is 9.40. The molecule has 0 amide bonds. The molecule has 0 aromatic heterocycles. The molecule has 2 fully saturated rings. The van der Waals surface area contributed by atoms with Gasteiger partial charge in [-0.05, 0) is 37.1 Å². The maximum Gasteiger partial charge on any atom is 0.0367 e. The van der Waals surface area contributed by atoms with Crippen LogP contribution in [-0.2, 0) is 0 Å². The maximum absolute atomic E-state index is 3.48. The number of benzene rings is 1. The summed E-state index contributed by atoms with van der Waals surface area (Å²) in [5.41, 5.74) is 1.36. The van der Waals surface area contributed by atoms with Crippen molar-refractivity contribution < 1.29 is 0 Å². The van der Waals surface area contributed by atoms with Crippen LogP contribution in [0.5, 0.6) is 0 Å². The predicted molar refractivity (Wildman–Crippen MR) is 71.0 cm³/mol. The second-order valence-corrected chi connectivity index (χ2v) is 5.65. The fraction of sp³-hybridized carbons (Fsp3) is 0.538. The van der Waals surface area contributed by atoms with E-state index in [0.717, 1.165) is 10.5 Å². The minimum atomic E-state index is 0.923. The fourth-order valence-electron chi connectivity index (χ4n) is 2.44. The van der Waals surface area contributed by atoms with E-state index in [1.54, 1.807) is 0 Å². The standard InChI is InChI=1S/C13H17BrN2/c14-11-1-3-12(4-2-11)15-7-9-16(10-8-15)13-5-6-13/h1-4,13H,5-10H2. The van der Waals surface area contributed by atoms with Gasteiger partial charge < -0.3 is 4.90 Å². The SMILES string of the molecule is Brc1ccc(N2CCN(C3CC3)CC2)cc1. The molecule has 2 aliphatic rings. The highest BCUT2D eigenvalue weighted by molar-refractivity contribution is 9.10. The molecule has 0 bridgehead atoms. The van der Waals surface area contributed by atoms with Crippen molar-refractivity contribution in [3.8, 4) is 0 Å². The second kappa shape index (κ2) is 4.38. The lowest BCUT2D eigenvalue weighted by Gasteiger charge is -2.36. The molecule has 1 aliphatic carbocycles. The maximum atomic E-state index is 3.48. The van der Waals surface area contributed by atoms with Gasteiger partial charge >= 0.3 is 0 Å². The van der Waals surface area contributed by atoms with Crippen LogP contribution < -0.4 is 4.90 Å². The van der Waals surface area contributed by atoms with E-state index in [1.165, 1.54) is 44.7 Å². The van der Waals surface area contributed by atoms with Crippen LogP contribution in [-0.4, -0.2) is 37.1 Å². The van der Waals surface area contributed by atoms with Crippen molar-refractivity contribution in [1.29, 1.82) is 0 Å². The summed E-state index contributed by atoms with van der Waals surface area (Å²) in [7, 11) is 0. The van der Waals surface area contributed by atoms with Gasteiger partial charge in [0.25, 0.3) is 0 Å². The Morgan fingerprint density at radius 2 is 1.56 bits per heavy atom. The van der Waals surface area contributed by atoms with Gasteiger partial charge in [-0.25, -0.2) is 0 Å². The summed E-state index contributed by atoms with van der Waals surface area (Å²) in [6.45, 7) is 4.83. The summed E-state index contributed by atoms with van der Waals surface area (Å²) in [6, 6.07) is 9.59. The van der Waals surface area contributed by atoms with Crippen LogP contribution >= 0.6 is 15.9 Å². The van der Waals surface area contributed by atoms with E-state index in [9.17, 15) is 0 Å². The number of nitrogens with zero attached hydrogens (tertiary/aromatic N) is 2. The lowest BCUT2D eigenvalue weighted by molar-refractivity contribution is 0.248. The number of hydrogen-bond acceptors (Lipinski definition) is 2. The third-order valence-corrected chi connectivity index (χ3v) is 4.10. The molecule has 0 radical (unpaired) electrons. The second-order valence-electron chi connectivity index (χ2n) is 4.73. The molecule has 0 spiro atoms. The number of rotatable bonds is 2. The summed E-state index contributed by atoms with van der Waals surface area (Å²) in [6.07, 6.45) is 2.86. The average Bonchev–Trinajstić information content (AvgIpc) is 3.14. The molecule has 1 heterocycles.